The van der Waals surface area contributed by atoms with E-state index in [1.165, 1.54) is 64.2 Å². The maximum Gasteiger partial charge on any atom is -0.0159 e. The van der Waals surface area contributed by atoms with E-state index in [-0.39, 0.29) is 0 Å². The molecule has 1 aliphatic rings. The number of hydrogen-bond donors (Lipinski definition) is 0. The highest BCUT2D eigenvalue weighted by Gasteiger charge is 2.25. The van der Waals surface area contributed by atoms with Crippen LogP contribution in [0.1, 0.15) is 101 Å². The molecular formula is C20H32. The summed E-state index contributed by atoms with van der Waals surface area (Å²) in [5, 5.41) is 0. The fourth-order valence-corrected chi connectivity index (χ4v) is 3.86. The SMILES string of the molecule is CCCCCCCCC1CCC(CC)c2ccccc21. The molecule has 0 bridgehead atoms. The Labute approximate surface area is 126 Å². The minimum atomic E-state index is 0.826. The maximum atomic E-state index is 2.40. The van der Waals surface area contributed by atoms with Crippen LogP contribution in [0.3, 0.4) is 0 Å². The molecule has 0 amide bonds. The Bertz CT molecular complexity index is 379. The van der Waals surface area contributed by atoms with Crippen LogP contribution in [-0.4, -0.2) is 0 Å². The zero-order chi connectivity index (χ0) is 14.2. The highest BCUT2D eigenvalue weighted by atomic mass is 14.3. The van der Waals surface area contributed by atoms with Crippen molar-refractivity contribution in [3.8, 4) is 0 Å². The van der Waals surface area contributed by atoms with E-state index in [4.69, 9.17) is 0 Å². The smallest absolute Gasteiger partial charge is 0.0159 e. The van der Waals surface area contributed by atoms with E-state index < -0.39 is 0 Å². The molecule has 20 heavy (non-hydrogen) atoms. The van der Waals surface area contributed by atoms with Crippen molar-refractivity contribution < 1.29 is 0 Å². The first-order chi connectivity index (χ1) is 9.86. The van der Waals surface area contributed by atoms with Crippen LogP contribution in [0.4, 0.5) is 0 Å². The lowest BCUT2D eigenvalue weighted by molar-refractivity contribution is 0.438. The summed E-state index contributed by atoms with van der Waals surface area (Å²) in [5.74, 6) is 1.67. The van der Waals surface area contributed by atoms with Crippen LogP contribution in [0.25, 0.3) is 0 Å². The van der Waals surface area contributed by atoms with Gasteiger partial charge in [-0.3, -0.25) is 0 Å². The summed E-state index contributed by atoms with van der Waals surface area (Å²) in [7, 11) is 0. The Kier molecular flexibility index (Phi) is 6.63. The third-order valence-corrected chi connectivity index (χ3v) is 5.14. The fourth-order valence-electron chi connectivity index (χ4n) is 3.86. The average molecular weight is 272 g/mol. The lowest BCUT2D eigenvalue weighted by atomic mass is 9.74. The molecule has 2 unspecified atom stereocenters. The summed E-state index contributed by atoms with van der Waals surface area (Å²) in [6.45, 7) is 4.64. The molecule has 0 nitrogen and oxygen atoms in total. The highest BCUT2D eigenvalue weighted by molar-refractivity contribution is 5.35. The van der Waals surface area contributed by atoms with E-state index in [9.17, 15) is 0 Å². The van der Waals surface area contributed by atoms with Crippen LogP contribution >= 0.6 is 0 Å². The first-order valence-electron chi connectivity index (χ1n) is 8.95. The van der Waals surface area contributed by atoms with Gasteiger partial charge in [0, 0.05) is 0 Å². The molecule has 0 saturated heterocycles. The quantitative estimate of drug-likeness (QED) is 0.456. The Morgan fingerprint density at radius 3 is 2.10 bits per heavy atom. The van der Waals surface area contributed by atoms with Crippen molar-refractivity contribution in [3.63, 3.8) is 0 Å². The van der Waals surface area contributed by atoms with Crippen molar-refractivity contribution in [1.29, 1.82) is 0 Å². The summed E-state index contributed by atoms with van der Waals surface area (Å²) < 4.78 is 0. The van der Waals surface area contributed by atoms with Crippen molar-refractivity contribution in [2.24, 2.45) is 0 Å². The van der Waals surface area contributed by atoms with E-state index in [1.54, 1.807) is 11.1 Å². The van der Waals surface area contributed by atoms with Crippen LogP contribution in [0.15, 0.2) is 24.3 Å². The zero-order valence-corrected chi connectivity index (χ0v) is 13.5. The molecule has 2 rings (SSSR count). The molecule has 0 heterocycles. The lowest BCUT2D eigenvalue weighted by Crippen LogP contribution is -2.14. The van der Waals surface area contributed by atoms with E-state index in [0.717, 1.165) is 11.8 Å². The second-order valence-corrected chi connectivity index (χ2v) is 6.56. The number of fused-ring (bicyclic) bond motifs is 1. The monoisotopic (exact) mass is 272 g/mol. The highest BCUT2D eigenvalue weighted by Crippen LogP contribution is 2.42. The molecule has 2 atom stereocenters. The second-order valence-electron chi connectivity index (χ2n) is 6.56. The van der Waals surface area contributed by atoms with Gasteiger partial charge in [-0.15, -0.1) is 0 Å². The summed E-state index contributed by atoms with van der Waals surface area (Å²) in [5.41, 5.74) is 3.34. The van der Waals surface area contributed by atoms with Crippen molar-refractivity contribution in [3.05, 3.63) is 35.4 Å². The van der Waals surface area contributed by atoms with E-state index in [0.29, 0.717) is 0 Å². The minimum Gasteiger partial charge on any atom is -0.0654 e. The molecule has 0 spiro atoms. The van der Waals surface area contributed by atoms with Gasteiger partial charge in [-0.1, -0.05) is 76.6 Å². The molecule has 0 radical (unpaired) electrons. The van der Waals surface area contributed by atoms with Gasteiger partial charge in [-0.05, 0) is 48.6 Å². The normalized spacial score (nSPS) is 21.7. The average Bonchev–Trinajstić information content (AvgIpc) is 2.50. The Morgan fingerprint density at radius 1 is 0.800 bits per heavy atom. The zero-order valence-electron chi connectivity index (χ0n) is 13.5. The third kappa shape index (κ3) is 4.11. The number of unbranched alkanes of at least 4 members (excludes halogenated alkanes) is 5. The standard InChI is InChI=1S/C20H32/c1-3-5-6-7-8-9-12-18-16-15-17(4-2)19-13-10-11-14-20(18)19/h10-11,13-14,17-18H,3-9,12,15-16H2,1-2H3. The first-order valence-corrected chi connectivity index (χ1v) is 8.95. The van der Waals surface area contributed by atoms with Crippen LogP contribution in [0.2, 0.25) is 0 Å². The summed E-state index contributed by atoms with van der Waals surface area (Å²) in [6.07, 6.45) is 14.1. The Balaban J connectivity index is 1.84. The van der Waals surface area contributed by atoms with Crippen LogP contribution in [0, 0.1) is 0 Å². The van der Waals surface area contributed by atoms with Crippen LogP contribution in [0.5, 0.6) is 0 Å². The van der Waals surface area contributed by atoms with Gasteiger partial charge in [-0.2, -0.15) is 0 Å². The molecule has 0 aliphatic heterocycles. The summed E-state index contributed by atoms with van der Waals surface area (Å²) >= 11 is 0. The van der Waals surface area contributed by atoms with Crippen LogP contribution in [-0.2, 0) is 0 Å². The van der Waals surface area contributed by atoms with Gasteiger partial charge in [-0.25, -0.2) is 0 Å². The van der Waals surface area contributed by atoms with Gasteiger partial charge in [0.1, 0.15) is 0 Å². The van der Waals surface area contributed by atoms with Gasteiger partial charge in [0.25, 0.3) is 0 Å². The number of benzene rings is 1. The molecule has 0 heteroatoms. The molecule has 0 N–H and O–H groups in total. The molecule has 0 fully saturated rings. The largest absolute Gasteiger partial charge is 0.0654 e. The molecule has 112 valence electrons. The molecule has 1 aromatic carbocycles. The van der Waals surface area contributed by atoms with Crippen LogP contribution < -0.4 is 0 Å². The van der Waals surface area contributed by atoms with Gasteiger partial charge < -0.3 is 0 Å². The number of hydrogen-bond acceptors (Lipinski definition) is 0. The van der Waals surface area contributed by atoms with E-state index >= 15 is 0 Å². The molecule has 1 aliphatic carbocycles. The molecule has 0 saturated carbocycles. The van der Waals surface area contributed by atoms with Gasteiger partial charge in [0.2, 0.25) is 0 Å². The van der Waals surface area contributed by atoms with Crippen molar-refractivity contribution in [1.82, 2.24) is 0 Å². The third-order valence-electron chi connectivity index (χ3n) is 5.14. The van der Waals surface area contributed by atoms with Gasteiger partial charge in [0.15, 0.2) is 0 Å². The molecule has 0 aromatic heterocycles. The van der Waals surface area contributed by atoms with Crippen molar-refractivity contribution in [2.75, 3.05) is 0 Å². The lowest BCUT2D eigenvalue weighted by Gasteiger charge is -2.31. The second kappa shape index (κ2) is 8.49. The van der Waals surface area contributed by atoms with Crippen molar-refractivity contribution in [2.45, 2.75) is 89.9 Å². The Morgan fingerprint density at radius 2 is 1.40 bits per heavy atom. The predicted octanol–water partition coefficient (Wildman–Crippen LogP) is 6.81. The van der Waals surface area contributed by atoms with E-state index in [2.05, 4.69) is 38.1 Å². The number of rotatable bonds is 8. The molecular weight excluding hydrogens is 240 g/mol. The fraction of sp³-hybridized carbons (Fsp3) is 0.700. The summed E-state index contributed by atoms with van der Waals surface area (Å²) in [4.78, 5) is 0. The summed E-state index contributed by atoms with van der Waals surface area (Å²) in [6, 6.07) is 9.26. The topological polar surface area (TPSA) is 0 Å². The minimum absolute atomic E-state index is 0.826. The maximum absolute atomic E-state index is 2.40. The Hall–Kier alpha value is -0.780. The van der Waals surface area contributed by atoms with Crippen molar-refractivity contribution >= 4 is 0 Å². The van der Waals surface area contributed by atoms with E-state index in [1.807, 2.05) is 0 Å². The van der Waals surface area contributed by atoms with Gasteiger partial charge >= 0.3 is 0 Å². The molecule has 1 aromatic rings. The predicted molar refractivity (Wildman–Crippen MR) is 89.4 cm³/mol. The first kappa shape index (κ1) is 15.6. The van der Waals surface area contributed by atoms with Gasteiger partial charge in [0.05, 0.1) is 0 Å².